The van der Waals surface area contributed by atoms with E-state index in [0.29, 0.717) is 13.0 Å². The van der Waals surface area contributed by atoms with Crippen LogP contribution in [0.2, 0.25) is 0 Å². The summed E-state index contributed by atoms with van der Waals surface area (Å²) in [5.41, 5.74) is -0.782. The van der Waals surface area contributed by atoms with Crippen LogP contribution in [-0.4, -0.2) is 82.1 Å². The highest BCUT2D eigenvalue weighted by molar-refractivity contribution is 5.79. The minimum atomic E-state index is -0.981. The van der Waals surface area contributed by atoms with Crippen molar-refractivity contribution in [2.75, 3.05) is 33.5 Å². The summed E-state index contributed by atoms with van der Waals surface area (Å²) < 4.78 is 4.77. The van der Waals surface area contributed by atoms with Crippen molar-refractivity contribution in [2.45, 2.75) is 6.42 Å². The van der Waals surface area contributed by atoms with Crippen molar-refractivity contribution in [3.63, 3.8) is 0 Å². The first-order chi connectivity index (χ1) is 12.1. The van der Waals surface area contributed by atoms with Crippen LogP contribution in [0.15, 0.2) is 38.0 Å². The molecule has 0 amide bonds. The molecule has 10 nitrogen and oxygen atoms in total. The fourth-order valence-corrected chi connectivity index (χ4v) is 0.706. The average Bonchev–Trinajstić information content (AvgIpc) is 2.64. The molecule has 0 aliphatic heterocycles. The normalized spacial score (nSPS) is 8.77. The van der Waals surface area contributed by atoms with Crippen LogP contribution in [-0.2, 0) is 19.1 Å². The van der Waals surface area contributed by atoms with Gasteiger partial charge in [0.2, 0.25) is 0 Å². The van der Waals surface area contributed by atoms with Gasteiger partial charge in [0.05, 0.1) is 19.8 Å². The van der Waals surface area contributed by atoms with Crippen LogP contribution in [0.3, 0.4) is 0 Å². The van der Waals surface area contributed by atoms with Crippen molar-refractivity contribution in [2.24, 2.45) is 5.41 Å². The Bertz CT molecular complexity index is 362. The monoisotopic (exact) mass is 380 g/mol. The molecule has 0 bridgehead atoms. The van der Waals surface area contributed by atoms with Crippen LogP contribution in [0.25, 0.3) is 0 Å². The molecule has 0 fully saturated rings. The van der Waals surface area contributed by atoms with Gasteiger partial charge in [-0.3, -0.25) is 0 Å². The van der Waals surface area contributed by atoms with E-state index in [2.05, 4.69) is 19.7 Å². The molecule has 0 aliphatic carbocycles. The van der Waals surface area contributed by atoms with Crippen molar-refractivity contribution < 1.29 is 49.8 Å². The summed E-state index contributed by atoms with van der Waals surface area (Å²) in [6.45, 7) is 8.66. The van der Waals surface area contributed by atoms with Crippen LogP contribution >= 0.6 is 0 Å². The van der Waals surface area contributed by atoms with Gasteiger partial charge in [-0.05, 0) is 6.42 Å². The maximum Gasteiger partial charge on any atom is 0.327 e. The summed E-state index contributed by atoms with van der Waals surface area (Å²) in [7, 11) is 1.54. The average molecular weight is 380 g/mol. The van der Waals surface area contributed by atoms with E-state index in [1.807, 2.05) is 0 Å². The lowest BCUT2D eigenvalue weighted by Crippen LogP contribution is -2.35. The number of hydrogen-bond acceptors (Lipinski definition) is 7. The van der Waals surface area contributed by atoms with Gasteiger partial charge in [0, 0.05) is 37.4 Å². The molecule has 0 aromatic heterocycles. The van der Waals surface area contributed by atoms with E-state index < -0.39 is 23.3 Å². The van der Waals surface area contributed by atoms with Crippen molar-refractivity contribution in [1.82, 2.24) is 0 Å². The molecule has 0 aromatic carbocycles. The first-order valence-corrected chi connectivity index (χ1v) is 6.93. The van der Waals surface area contributed by atoms with Gasteiger partial charge < -0.3 is 35.4 Å². The summed E-state index contributed by atoms with van der Waals surface area (Å²) >= 11 is 0. The third-order valence-corrected chi connectivity index (χ3v) is 2.37. The summed E-state index contributed by atoms with van der Waals surface area (Å²) in [5.74, 6) is -2.94. The maximum absolute atomic E-state index is 9.25. The molecule has 0 radical (unpaired) electrons. The Morgan fingerprint density at radius 1 is 0.808 bits per heavy atom. The Morgan fingerprint density at radius 3 is 1.15 bits per heavy atom. The molecule has 0 saturated heterocycles. The van der Waals surface area contributed by atoms with E-state index in [1.54, 1.807) is 0 Å². The second-order valence-corrected chi connectivity index (χ2v) is 4.34. The highest BCUT2D eigenvalue weighted by Crippen LogP contribution is 2.19. The summed E-state index contributed by atoms with van der Waals surface area (Å²) in [6.07, 6.45) is 2.97. The standard InChI is InChI=1S/C7H16O4.3C3H4O2/c1-11-3-2-7(4-8,5-9)6-10;3*1-2-3(4)5/h8-10H,2-6H2,1H3;3*2H,1H2,(H,4,5). The number of methoxy groups -OCH3 is 1. The topological polar surface area (TPSA) is 182 Å². The largest absolute Gasteiger partial charge is 0.478 e. The first kappa shape index (κ1) is 31.3. The number of aliphatic hydroxyl groups is 3. The molecule has 152 valence electrons. The lowest BCUT2D eigenvalue weighted by Gasteiger charge is -2.26. The Labute approximate surface area is 152 Å². The van der Waals surface area contributed by atoms with Gasteiger partial charge in [-0.2, -0.15) is 0 Å². The van der Waals surface area contributed by atoms with Gasteiger partial charge in [0.15, 0.2) is 0 Å². The van der Waals surface area contributed by atoms with E-state index in [9.17, 15) is 14.4 Å². The Balaban J connectivity index is -0.000000136. The fraction of sp³-hybridized carbons (Fsp3) is 0.438. The smallest absolute Gasteiger partial charge is 0.327 e. The fourth-order valence-electron chi connectivity index (χ4n) is 0.706. The molecular formula is C16H28O10. The number of aliphatic hydroxyl groups excluding tert-OH is 3. The number of carboxylic acid groups (broad SMARTS) is 3. The third kappa shape index (κ3) is 29.5. The lowest BCUT2D eigenvalue weighted by atomic mass is 9.88. The SMILES string of the molecule is C=CC(=O)O.C=CC(=O)O.C=CC(=O)O.COCCC(CO)(CO)CO. The van der Waals surface area contributed by atoms with Crippen LogP contribution in [0.4, 0.5) is 0 Å². The van der Waals surface area contributed by atoms with Crippen LogP contribution in [0, 0.1) is 5.41 Å². The number of rotatable bonds is 9. The molecule has 10 heteroatoms. The van der Waals surface area contributed by atoms with Crippen molar-refractivity contribution >= 4 is 17.9 Å². The summed E-state index contributed by atoms with van der Waals surface area (Å²) in [6, 6.07) is 0. The Kier molecular flexibility index (Phi) is 27.0. The van der Waals surface area contributed by atoms with Gasteiger partial charge in [-0.1, -0.05) is 19.7 Å². The van der Waals surface area contributed by atoms with Crippen molar-refractivity contribution in [3.8, 4) is 0 Å². The molecule has 26 heavy (non-hydrogen) atoms. The van der Waals surface area contributed by atoms with Crippen molar-refractivity contribution in [3.05, 3.63) is 38.0 Å². The second-order valence-electron chi connectivity index (χ2n) is 4.34. The Hall–Kier alpha value is -2.53. The lowest BCUT2D eigenvalue weighted by molar-refractivity contribution is -0.132. The quantitative estimate of drug-likeness (QED) is 0.292. The van der Waals surface area contributed by atoms with Crippen LogP contribution in [0.5, 0.6) is 0 Å². The maximum atomic E-state index is 9.25. The van der Waals surface area contributed by atoms with Gasteiger partial charge in [0.1, 0.15) is 0 Å². The minimum Gasteiger partial charge on any atom is -0.478 e. The van der Waals surface area contributed by atoms with E-state index in [-0.39, 0.29) is 19.8 Å². The molecule has 0 spiro atoms. The molecule has 0 aromatic rings. The molecule has 0 atom stereocenters. The summed E-state index contributed by atoms with van der Waals surface area (Å²) in [5, 5.41) is 49.3. The first-order valence-electron chi connectivity index (χ1n) is 6.93. The predicted octanol–water partition coefficient (Wildman–Crippen LogP) is -0.243. The van der Waals surface area contributed by atoms with Gasteiger partial charge in [0.25, 0.3) is 0 Å². The van der Waals surface area contributed by atoms with Crippen LogP contribution < -0.4 is 0 Å². The minimum absolute atomic E-state index is 0.219. The molecule has 0 heterocycles. The number of carboxylic acids is 3. The van der Waals surface area contributed by atoms with Gasteiger partial charge in [-0.25, -0.2) is 14.4 Å². The highest BCUT2D eigenvalue weighted by Gasteiger charge is 2.27. The van der Waals surface area contributed by atoms with E-state index in [4.69, 9.17) is 35.4 Å². The van der Waals surface area contributed by atoms with E-state index in [1.165, 1.54) is 7.11 Å². The number of ether oxygens (including phenoxy) is 1. The number of aliphatic carboxylic acids is 3. The molecule has 0 aliphatic rings. The zero-order valence-electron chi connectivity index (χ0n) is 14.7. The molecule has 0 saturated carbocycles. The predicted molar refractivity (Wildman–Crippen MR) is 93.7 cm³/mol. The number of carbonyl (C=O) groups is 3. The second kappa shape index (κ2) is 22.5. The zero-order valence-corrected chi connectivity index (χ0v) is 14.7. The number of hydrogen-bond donors (Lipinski definition) is 6. The molecule has 0 rings (SSSR count). The molecule has 6 N–H and O–H groups in total. The molecular weight excluding hydrogens is 352 g/mol. The third-order valence-electron chi connectivity index (χ3n) is 2.37. The Morgan fingerprint density at radius 2 is 1.04 bits per heavy atom. The van der Waals surface area contributed by atoms with E-state index in [0.717, 1.165) is 18.2 Å². The van der Waals surface area contributed by atoms with E-state index >= 15 is 0 Å². The van der Waals surface area contributed by atoms with Crippen LogP contribution in [0.1, 0.15) is 6.42 Å². The zero-order chi connectivity index (χ0) is 21.6. The molecule has 0 unspecified atom stereocenters. The summed E-state index contributed by atoms with van der Waals surface area (Å²) in [4.78, 5) is 27.8. The van der Waals surface area contributed by atoms with Gasteiger partial charge >= 0.3 is 17.9 Å². The van der Waals surface area contributed by atoms with Gasteiger partial charge in [-0.15, -0.1) is 0 Å². The van der Waals surface area contributed by atoms with Crippen molar-refractivity contribution in [1.29, 1.82) is 0 Å². The highest BCUT2D eigenvalue weighted by atomic mass is 16.5.